The lowest BCUT2D eigenvalue weighted by Crippen LogP contribution is -2.00. The molecule has 0 amide bonds. The van der Waals surface area contributed by atoms with Crippen LogP contribution in [0.3, 0.4) is 0 Å². The third kappa shape index (κ3) is 3.68. The molecule has 29 heavy (non-hydrogen) atoms. The molecule has 8 heteroatoms. The summed E-state index contributed by atoms with van der Waals surface area (Å²) in [5, 5.41) is 17.4. The Morgan fingerprint density at radius 2 is 1.76 bits per heavy atom. The van der Waals surface area contributed by atoms with E-state index < -0.39 is 5.97 Å². The number of hydrogen-bond acceptors (Lipinski definition) is 6. The van der Waals surface area contributed by atoms with Gasteiger partial charge in [0.25, 0.3) is 0 Å². The first-order valence-electron chi connectivity index (χ1n) is 8.78. The van der Waals surface area contributed by atoms with E-state index in [1.165, 1.54) is 0 Å². The van der Waals surface area contributed by atoms with Gasteiger partial charge in [-0.3, -0.25) is 4.98 Å². The van der Waals surface area contributed by atoms with E-state index in [1.54, 1.807) is 60.7 Å². The summed E-state index contributed by atoms with van der Waals surface area (Å²) in [6.07, 6.45) is 5.24. The van der Waals surface area contributed by atoms with Crippen molar-refractivity contribution in [3.05, 3.63) is 72.2 Å². The molecule has 4 aromatic rings. The summed E-state index contributed by atoms with van der Waals surface area (Å²) in [6, 6.07) is 12.2. The molecule has 1 aromatic carbocycles. The van der Waals surface area contributed by atoms with Crippen LogP contribution in [0.1, 0.15) is 15.9 Å². The lowest BCUT2D eigenvalue weighted by molar-refractivity contribution is 0.0697. The van der Waals surface area contributed by atoms with Gasteiger partial charge in [-0.25, -0.2) is 14.5 Å². The predicted molar refractivity (Wildman–Crippen MR) is 106 cm³/mol. The minimum absolute atomic E-state index is 0.227. The van der Waals surface area contributed by atoms with Crippen molar-refractivity contribution in [1.82, 2.24) is 25.0 Å². The number of ether oxygens (including phenoxy) is 1. The number of aryl methyl sites for hydroxylation is 1. The smallest absolute Gasteiger partial charge is 0.335 e. The van der Waals surface area contributed by atoms with Crippen molar-refractivity contribution >= 4 is 5.97 Å². The Bertz CT molecular complexity index is 1170. The lowest BCUT2D eigenvalue weighted by atomic mass is 10.1. The maximum Gasteiger partial charge on any atom is 0.335 e. The number of nitrogens with zero attached hydrogens (tertiary/aromatic N) is 5. The van der Waals surface area contributed by atoms with Crippen LogP contribution in [-0.4, -0.2) is 43.1 Å². The highest BCUT2D eigenvalue weighted by Gasteiger charge is 2.11. The number of pyridine rings is 2. The van der Waals surface area contributed by atoms with Gasteiger partial charge >= 0.3 is 5.97 Å². The number of methoxy groups -OCH3 is 1. The van der Waals surface area contributed by atoms with Gasteiger partial charge in [-0.05, 0) is 36.8 Å². The monoisotopic (exact) mass is 387 g/mol. The zero-order valence-corrected chi connectivity index (χ0v) is 15.8. The second-order valence-corrected chi connectivity index (χ2v) is 6.38. The zero-order chi connectivity index (χ0) is 20.4. The van der Waals surface area contributed by atoms with Crippen LogP contribution in [0.4, 0.5) is 0 Å². The van der Waals surface area contributed by atoms with Gasteiger partial charge in [0.1, 0.15) is 5.69 Å². The number of carboxylic acids is 1. The predicted octanol–water partition coefficient (Wildman–Crippen LogP) is 3.41. The summed E-state index contributed by atoms with van der Waals surface area (Å²) in [5.41, 5.74) is 5.12. The molecule has 0 saturated heterocycles. The third-order valence-corrected chi connectivity index (χ3v) is 4.49. The standard InChI is InChI=1S/C21H17N5O3/c1-13-9-17(16-7-8-20(29-2)23-10-16)22-11-19(13)26-12-18(24-25-26)14-3-5-15(6-4-14)21(27)28/h3-12H,1-2H3,(H,27,28). The van der Waals surface area contributed by atoms with Crippen molar-refractivity contribution in [3.63, 3.8) is 0 Å². The minimum Gasteiger partial charge on any atom is -0.481 e. The molecule has 0 bridgehead atoms. The first-order chi connectivity index (χ1) is 14.0. The molecule has 8 nitrogen and oxygen atoms in total. The Balaban J connectivity index is 1.61. The average Bonchev–Trinajstić information content (AvgIpc) is 3.23. The molecular weight excluding hydrogens is 370 g/mol. The van der Waals surface area contributed by atoms with Crippen LogP contribution in [0, 0.1) is 6.92 Å². The lowest BCUT2D eigenvalue weighted by Gasteiger charge is -2.07. The first kappa shape index (κ1) is 18.3. The zero-order valence-electron chi connectivity index (χ0n) is 15.8. The van der Waals surface area contributed by atoms with E-state index in [0.717, 1.165) is 28.1 Å². The fraction of sp³-hybridized carbons (Fsp3) is 0.0952. The Hall–Kier alpha value is -4.07. The Kier molecular flexibility index (Phi) is 4.74. The number of carboxylic acid groups (broad SMARTS) is 1. The summed E-state index contributed by atoms with van der Waals surface area (Å²) in [6.45, 7) is 1.97. The number of benzene rings is 1. The molecule has 0 aliphatic rings. The van der Waals surface area contributed by atoms with Crippen LogP contribution in [0.25, 0.3) is 28.2 Å². The fourth-order valence-corrected chi connectivity index (χ4v) is 2.90. The molecule has 0 radical (unpaired) electrons. The molecular formula is C21H17N5O3. The molecule has 0 aliphatic heterocycles. The summed E-state index contributed by atoms with van der Waals surface area (Å²) in [7, 11) is 1.58. The van der Waals surface area contributed by atoms with Crippen LogP contribution >= 0.6 is 0 Å². The van der Waals surface area contributed by atoms with Gasteiger partial charge in [0.05, 0.1) is 36.4 Å². The number of carbonyl (C=O) groups is 1. The van der Waals surface area contributed by atoms with Crippen molar-refractivity contribution < 1.29 is 14.6 Å². The number of aromatic nitrogens is 5. The van der Waals surface area contributed by atoms with Gasteiger partial charge in [-0.1, -0.05) is 17.3 Å². The molecule has 0 aliphatic carbocycles. The van der Waals surface area contributed by atoms with Gasteiger partial charge in [-0.2, -0.15) is 0 Å². The third-order valence-electron chi connectivity index (χ3n) is 4.49. The van der Waals surface area contributed by atoms with Crippen LogP contribution in [0.2, 0.25) is 0 Å². The van der Waals surface area contributed by atoms with Crippen molar-refractivity contribution in [2.75, 3.05) is 7.11 Å². The maximum atomic E-state index is 11.0. The number of hydrogen-bond donors (Lipinski definition) is 1. The quantitative estimate of drug-likeness (QED) is 0.560. The topological polar surface area (TPSA) is 103 Å². The van der Waals surface area contributed by atoms with Crippen LogP contribution in [0.15, 0.2) is 61.1 Å². The number of rotatable bonds is 5. The normalized spacial score (nSPS) is 10.7. The molecule has 3 aromatic heterocycles. The highest BCUT2D eigenvalue weighted by Crippen LogP contribution is 2.23. The Morgan fingerprint density at radius 3 is 2.38 bits per heavy atom. The van der Waals surface area contributed by atoms with Crippen molar-refractivity contribution in [1.29, 1.82) is 0 Å². The summed E-state index contributed by atoms with van der Waals surface area (Å²) in [5.74, 6) is -0.414. The van der Waals surface area contributed by atoms with E-state index >= 15 is 0 Å². The van der Waals surface area contributed by atoms with Crippen LogP contribution < -0.4 is 4.74 Å². The number of aromatic carboxylic acids is 1. The van der Waals surface area contributed by atoms with Crippen molar-refractivity contribution in [3.8, 4) is 34.1 Å². The maximum absolute atomic E-state index is 11.0. The van der Waals surface area contributed by atoms with Gasteiger partial charge in [-0.15, -0.1) is 5.10 Å². The van der Waals surface area contributed by atoms with Crippen LogP contribution in [0.5, 0.6) is 5.88 Å². The molecule has 0 saturated carbocycles. The SMILES string of the molecule is COc1ccc(-c2cc(C)c(-n3cc(-c4ccc(C(=O)O)cc4)nn3)cn2)cn1. The van der Waals surface area contributed by atoms with Crippen molar-refractivity contribution in [2.24, 2.45) is 0 Å². The average molecular weight is 387 g/mol. The highest BCUT2D eigenvalue weighted by atomic mass is 16.5. The molecule has 4 rings (SSSR count). The molecule has 1 N–H and O–H groups in total. The summed E-state index contributed by atoms with van der Waals surface area (Å²) >= 11 is 0. The fourth-order valence-electron chi connectivity index (χ4n) is 2.90. The molecule has 0 atom stereocenters. The highest BCUT2D eigenvalue weighted by molar-refractivity contribution is 5.88. The second kappa shape index (κ2) is 7.51. The van der Waals surface area contributed by atoms with E-state index in [1.807, 2.05) is 19.1 Å². The van der Waals surface area contributed by atoms with E-state index in [2.05, 4.69) is 20.3 Å². The van der Waals surface area contributed by atoms with Crippen molar-refractivity contribution in [2.45, 2.75) is 6.92 Å². The molecule has 0 spiro atoms. The summed E-state index contributed by atoms with van der Waals surface area (Å²) < 4.78 is 6.74. The van der Waals surface area contributed by atoms with Crippen LogP contribution in [-0.2, 0) is 0 Å². The van der Waals surface area contributed by atoms with Gasteiger partial charge < -0.3 is 9.84 Å². The molecule has 144 valence electrons. The van der Waals surface area contributed by atoms with E-state index in [9.17, 15) is 4.79 Å². The molecule has 0 unspecified atom stereocenters. The van der Waals surface area contributed by atoms with E-state index in [0.29, 0.717) is 11.6 Å². The van der Waals surface area contributed by atoms with Gasteiger partial charge in [0, 0.05) is 23.4 Å². The molecule has 3 heterocycles. The molecule has 0 fully saturated rings. The largest absolute Gasteiger partial charge is 0.481 e. The van der Waals surface area contributed by atoms with Gasteiger partial charge in [0.15, 0.2) is 0 Å². The Morgan fingerprint density at radius 1 is 1.00 bits per heavy atom. The second-order valence-electron chi connectivity index (χ2n) is 6.38. The minimum atomic E-state index is -0.964. The Labute approximate surface area is 166 Å². The van der Waals surface area contributed by atoms with Gasteiger partial charge in [0.2, 0.25) is 5.88 Å². The van der Waals surface area contributed by atoms with E-state index in [4.69, 9.17) is 9.84 Å². The first-order valence-corrected chi connectivity index (χ1v) is 8.78. The van der Waals surface area contributed by atoms with E-state index in [-0.39, 0.29) is 5.56 Å². The summed E-state index contributed by atoms with van der Waals surface area (Å²) in [4.78, 5) is 19.7.